The first-order chi connectivity index (χ1) is 10.6. The molecule has 1 N–H and O–H groups in total. The lowest BCUT2D eigenvalue weighted by molar-refractivity contribution is -0.116. The van der Waals surface area contributed by atoms with E-state index in [0.29, 0.717) is 0 Å². The Hall–Kier alpha value is -2.88. The van der Waals surface area contributed by atoms with E-state index in [0.717, 1.165) is 16.8 Å². The summed E-state index contributed by atoms with van der Waals surface area (Å²) in [6.07, 6.45) is 4.83. The molecule has 1 amide bonds. The maximum absolute atomic E-state index is 11.6. The van der Waals surface area contributed by atoms with Crippen LogP contribution in [0.1, 0.15) is 11.1 Å². The Labute approximate surface area is 130 Å². The summed E-state index contributed by atoms with van der Waals surface area (Å²) in [7, 11) is 3.98. The third-order valence-corrected chi connectivity index (χ3v) is 3.02. The van der Waals surface area contributed by atoms with Gasteiger partial charge < -0.3 is 4.90 Å². The van der Waals surface area contributed by atoms with E-state index < -0.39 is 0 Å². The maximum Gasteiger partial charge on any atom is 0.264 e. The molecule has 4 nitrogen and oxygen atoms in total. The minimum Gasteiger partial charge on any atom is -0.378 e. The smallest absolute Gasteiger partial charge is 0.264 e. The van der Waals surface area contributed by atoms with Crippen LogP contribution in [0.3, 0.4) is 0 Å². The predicted octanol–water partition coefficient (Wildman–Crippen LogP) is 2.92. The molecule has 0 radical (unpaired) electrons. The molecule has 0 bridgehead atoms. The summed E-state index contributed by atoms with van der Waals surface area (Å²) >= 11 is 0. The van der Waals surface area contributed by atoms with Crippen LogP contribution in [0.4, 0.5) is 5.69 Å². The second-order valence-electron chi connectivity index (χ2n) is 4.96. The maximum atomic E-state index is 11.6. The van der Waals surface area contributed by atoms with Crippen molar-refractivity contribution in [3.05, 3.63) is 71.8 Å². The highest BCUT2D eigenvalue weighted by Gasteiger charge is 1.95. The van der Waals surface area contributed by atoms with Crippen molar-refractivity contribution in [2.24, 2.45) is 5.10 Å². The molecule has 2 aromatic carbocycles. The lowest BCUT2D eigenvalue weighted by Gasteiger charge is -2.11. The van der Waals surface area contributed by atoms with Gasteiger partial charge in [-0.2, -0.15) is 5.10 Å². The van der Waals surface area contributed by atoms with Crippen molar-refractivity contribution in [2.45, 2.75) is 0 Å². The molecule has 0 aliphatic heterocycles. The monoisotopic (exact) mass is 293 g/mol. The molecule has 0 aliphatic rings. The van der Waals surface area contributed by atoms with E-state index in [-0.39, 0.29) is 5.91 Å². The fourth-order valence-electron chi connectivity index (χ4n) is 1.80. The third-order valence-electron chi connectivity index (χ3n) is 3.02. The van der Waals surface area contributed by atoms with E-state index in [4.69, 9.17) is 0 Å². The van der Waals surface area contributed by atoms with Crippen molar-refractivity contribution < 1.29 is 4.79 Å². The normalized spacial score (nSPS) is 11.0. The molecule has 0 unspecified atom stereocenters. The second-order valence-corrected chi connectivity index (χ2v) is 4.96. The van der Waals surface area contributed by atoms with Gasteiger partial charge >= 0.3 is 0 Å². The fraction of sp³-hybridized carbons (Fsp3) is 0.111. The van der Waals surface area contributed by atoms with Crippen molar-refractivity contribution in [1.29, 1.82) is 0 Å². The molecular formula is C18H19N3O. The summed E-state index contributed by atoms with van der Waals surface area (Å²) in [6.45, 7) is 0. The Kier molecular flexibility index (Phi) is 5.49. The summed E-state index contributed by atoms with van der Waals surface area (Å²) in [4.78, 5) is 13.7. The Morgan fingerprint density at radius 1 is 1.00 bits per heavy atom. The SMILES string of the molecule is CN(C)c1ccc(/C=N\NC(=O)/C=C/c2ccccc2)cc1. The summed E-state index contributed by atoms with van der Waals surface area (Å²) in [5, 5.41) is 3.94. The molecule has 0 fully saturated rings. The molecule has 0 heterocycles. The Balaban J connectivity index is 1.86. The molecule has 0 saturated carbocycles. The van der Waals surface area contributed by atoms with E-state index >= 15 is 0 Å². The van der Waals surface area contributed by atoms with Crippen LogP contribution in [0.2, 0.25) is 0 Å². The molecule has 0 aromatic heterocycles. The lowest BCUT2D eigenvalue weighted by atomic mass is 10.2. The van der Waals surface area contributed by atoms with E-state index in [1.54, 1.807) is 12.3 Å². The number of benzene rings is 2. The minimum atomic E-state index is -0.259. The van der Waals surface area contributed by atoms with Crippen LogP contribution in [0.5, 0.6) is 0 Å². The van der Waals surface area contributed by atoms with Gasteiger partial charge in [0, 0.05) is 25.9 Å². The predicted molar refractivity (Wildman–Crippen MR) is 92.0 cm³/mol. The van der Waals surface area contributed by atoms with Gasteiger partial charge in [-0.1, -0.05) is 42.5 Å². The highest BCUT2D eigenvalue weighted by molar-refractivity contribution is 5.92. The van der Waals surface area contributed by atoms with Crippen molar-refractivity contribution >= 4 is 23.9 Å². The number of hydrazone groups is 1. The molecule has 112 valence electrons. The zero-order valence-electron chi connectivity index (χ0n) is 12.7. The van der Waals surface area contributed by atoms with Crippen molar-refractivity contribution in [2.75, 3.05) is 19.0 Å². The summed E-state index contributed by atoms with van der Waals surface area (Å²) < 4.78 is 0. The first kappa shape index (κ1) is 15.5. The van der Waals surface area contributed by atoms with Gasteiger partial charge in [-0.15, -0.1) is 0 Å². The Morgan fingerprint density at radius 3 is 2.32 bits per heavy atom. The molecule has 2 rings (SSSR count). The summed E-state index contributed by atoms with van der Waals surface area (Å²) in [6, 6.07) is 17.5. The average molecular weight is 293 g/mol. The highest BCUT2D eigenvalue weighted by Crippen LogP contribution is 2.10. The number of nitrogens with one attached hydrogen (secondary N) is 1. The number of rotatable bonds is 5. The largest absolute Gasteiger partial charge is 0.378 e. The van der Waals surface area contributed by atoms with Gasteiger partial charge in [0.2, 0.25) is 0 Å². The van der Waals surface area contributed by atoms with Crippen LogP contribution in [0.15, 0.2) is 65.8 Å². The van der Waals surface area contributed by atoms with Gasteiger partial charge in [0.15, 0.2) is 0 Å². The van der Waals surface area contributed by atoms with E-state index in [9.17, 15) is 4.79 Å². The number of anilines is 1. The topological polar surface area (TPSA) is 44.7 Å². The van der Waals surface area contributed by atoms with Gasteiger partial charge in [-0.3, -0.25) is 4.79 Å². The van der Waals surface area contributed by atoms with E-state index in [1.807, 2.05) is 73.6 Å². The Bertz CT molecular complexity index is 658. The van der Waals surface area contributed by atoms with Gasteiger partial charge in [0.25, 0.3) is 5.91 Å². The molecule has 0 spiro atoms. The van der Waals surface area contributed by atoms with Crippen molar-refractivity contribution in [3.8, 4) is 0 Å². The third kappa shape index (κ3) is 4.90. The Morgan fingerprint density at radius 2 is 1.68 bits per heavy atom. The van der Waals surface area contributed by atoms with Gasteiger partial charge in [-0.05, 0) is 29.3 Å². The molecule has 0 atom stereocenters. The zero-order chi connectivity index (χ0) is 15.8. The molecule has 0 aliphatic carbocycles. The number of hydrogen-bond acceptors (Lipinski definition) is 3. The molecule has 4 heteroatoms. The first-order valence-corrected chi connectivity index (χ1v) is 6.99. The molecular weight excluding hydrogens is 274 g/mol. The van der Waals surface area contributed by atoms with Gasteiger partial charge in [0.1, 0.15) is 0 Å². The summed E-state index contributed by atoms with van der Waals surface area (Å²) in [5.41, 5.74) is 5.49. The van der Waals surface area contributed by atoms with Crippen LogP contribution in [-0.4, -0.2) is 26.2 Å². The summed E-state index contributed by atoms with van der Waals surface area (Å²) in [5.74, 6) is -0.259. The number of hydrogen-bond donors (Lipinski definition) is 1. The average Bonchev–Trinajstić information content (AvgIpc) is 2.54. The lowest BCUT2D eigenvalue weighted by Crippen LogP contribution is -2.14. The number of nitrogens with zero attached hydrogens (tertiary/aromatic N) is 2. The number of amides is 1. The van der Waals surface area contributed by atoms with Crippen molar-refractivity contribution in [1.82, 2.24) is 5.43 Å². The quantitative estimate of drug-likeness (QED) is 0.523. The highest BCUT2D eigenvalue weighted by atomic mass is 16.2. The fourth-order valence-corrected chi connectivity index (χ4v) is 1.80. The first-order valence-electron chi connectivity index (χ1n) is 6.99. The van der Waals surface area contributed by atoms with Crippen LogP contribution >= 0.6 is 0 Å². The van der Waals surface area contributed by atoms with Gasteiger partial charge in [0.05, 0.1) is 6.21 Å². The molecule has 22 heavy (non-hydrogen) atoms. The molecule has 2 aromatic rings. The van der Waals surface area contributed by atoms with Crippen LogP contribution in [0.25, 0.3) is 6.08 Å². The van der Waals surface area contributed by atoms with E-state index in [2.05, 4.69) is 10.5 Å². The number of carbonyl (C=O) groups excluding carboxylic acids is 1. The van der Waals surface area contributed by atoms with Crippen molar-refractivity contribution in [3.63, 3.8) is 0 Å². The second kappa shape index (κ2) is 7.78. The standard InChI is InChI=1S/C18H19N3O/c1-21(2)17-11-8-16(9-12-17)14-19-20-18(22)13-10-15-6-4-3-5-7-15/h3-14H,1-2H3,(H,20,22)/b13-10+,19-14-. The van der Waals surface area contributed by atoms with Crippen LogP contribution in [-0.2, 0) is 4.79 Å². The minimum absolute atomic E-state index is 0.259. The van der Waals surface area contributed by atoms with Crippen LogP contribution < -0.4 is 10.3 Å². The zero-order valence-corrected chi connectivity index (χ0v) is 12.7. The molecule has 0 saturated heterocycles. The van der Waals surface area contributed by atoms with E-state index in [1.165, 1.54) is 6.08 Å². The van der Waals surface area contributed by atoms with Gasteiger partial charge in [-0.25, -0.2) is 5.43 Å². The van der Waals surface area contributed by atoms with Crippen LogP contribution in [0, 0.1) is 0 Å². The number of carbonyl (C=O) groups is 1.